The second-order valence-electron chi connectivity index (χ2n) is 11.1. The van der Waals surface area contributed by atoms with E-state index >= 15 is 0 Å². The number of piperazine rings is 1. The number of amides is 2. The number of hydrogen-bond acceptors (Lipinski definition) is 8. The molecule has 5 heterocycles. The third-order valence-corrected chi connectivity index (χ3v) is 8.17. The molecule has 3 aromatic heterocycles. The molecule has 0 saturated carbocycles. The summed E-state index contributed by atoms with van der Waals surface area (Å²) in [6.45, 7) is 4.52. The third-order valence-electron chi connectivity index (χ3n) is 8.17. The molecule has 232 valence electrons. The largest absolute Gasteiger partial charge is 0.435 e. The molecule has 2 aliphatic heterocycles. The van der Waals surface area contributed by atoms with Gasteiger partial charge in [-0.25, -0.2) is 9.97 Å². The summed E-state index contributed by atoms with van der Waals surface area (Å²) >= 11 is 0. The number of alkyl halides is 3. The number of nitrogens with zero attached hydrogens (tertiary/aromatic N) is 7. The summed E-state index contributed by atoms with van der Waals surface area (Å²) in [5, 5.41) is 20.1. The van der Waals surface area contributed by atoms with E-state index in [4.69, 9.17) is 0 Å². The zero-order valence-corrected chi connectivity index (χ0v) is 24.2. The maximum atomic E-state index is 13.6. The van der Waals surface area contributed by atoms with Crippen LogP contribution in [0, 0.1) is 12.8 Å². The number of aliphatic hydroxyl groups is 1. The van der Waals surface area contributed by atoms with Gasteiger partial charge in [-0.05, 0) is 43.7 Å². The van der Waals surface area contributed by atoms with Gasteiger partial charge < -0.3 is 25.5 Å². The van der Waals surface area contributed by atoms with Gasteiger partial charge in [-0.3, -0.25) is 18.7 Å². The van der Waals surface area contributed by atoms with E-state index in [0.717, 1.165) is 10.2 Å². The number of halogens is 3. The summed E-state index contributed by atoms with van der Waals surface area (Å²) in [6, 6.07) is 5.24. The molecule has 0 spiro atoms. The number of benzene rings is 1. The number of aromatic nitrogens is 5. The molecule has 3 N–H and O–H groups in total. The van der Waals surface area contributed by atoms with Gasteiger partial charge >= 0.3 is 6.18 Å². The summed E-state index contributed by atoms with van der Waals surface area (Å²) in [6.07, 6.45) is 0.905. The fraction of sp³-hybridized carbons (Fsp3) is 0.414. The van der Waals surface area contributed by atoms with Crippen LogP contribution >= 0.6 is 0 Å². The van der Waals surface area contributed by atoms with Crippen LogP contribution < -0.4 is 10.6 Å². The predicted octanol–water partition coefficient (Wildman–Crippen LogP) is 2.46. The van der Waals surface area contributed by atoms with Crippen LogP contribution in [0.3, 0.4) is 0 Å². The molecular weight excluding hydrogens is 579 g/mol. The van der Waals surface area contributed by atoms with Gasteiger partial charge in [-0.2, -0.15) is 18.3 Å². The van der Waals surface area contributed by atoms with Crippen molar-refractivity contribution in [2.45, 2.75) is 25.6 Å². The first kappa shape index (κ1) is 29.6. The Balaban J connectivity index is 1.15. The number of rotatable bonds is 5. The molecule has 2 saturated heterocycles. The molecule has 0 radical (unpaired) electrons. The Bertz CT molecular complexity index is 1710. The summed E-state index contributed by atoms with van der Waals surface area (Å²) in [7, 11) is 1.43. The van der Waals surface area contributed by atoms with Crippen molar-refractivity contribution in [2.24, 2.45) is 13.0 Å². The number of hydrogen-bond donors (Lipinski definition) is 3. The average Bonchev–Trinajstić information content (AvgIpc) is 3.61. The maximum Gasteiger partial charge on any atom is 0.435 e. The van der Waals surface area contributed by atoms with Gasteiger partial charge in [0.25, 0.3) is 5.91 Å². The number of anilines is 2. The topological polar surface area (TPSA) is 133 Å². The standard InChI is InChI=1S/C29H32F3N9O3/c1-17-13-18(3-4-19(17)27(43)39-9-11-40(12-10-39)28(44)20-5-6-33-15-23(20)42)36-25-26-35-14-22(41(26)8-7-34-25)21-16-38(2)37-24(21)29(30,31)32/h3-4,7-8,13-14,16,20,23,33,42H,5-6,9-12,15H2,1-2H3,(H,34,36)/t20-,23+/m1/s1. The van der Waals surface area contributed by atoms with Crippen molar-refractivity contribution in [3.63, 3.8) is 0 Å². The minimum atomic E-state index is -4.63. The van der Waals surface area contributed by atoms with E-state index in [9.17, 15) is 27.9 Å². The van der Waals surface area contributed by atoms with Crippen molar-refractivity contribution in [1.82, 2.24) is 39.3 Å². The Morgan fingerprint density at radius 3 is 2.57 bits per heavy atom. The number of aliphatic hydroxyl groups excluding tert-OH is 1. The van der Waals surface area contributed by atoms with Crippen LogP contribution in [0.5, 0.6) is 0 Å². The summed E-state index contributed by atoms with van der Waals surface area (Å²) in [5.41, 5.74) is 1.30. The fourth-order valence-electron chi connectivity index (χ4n) is 5.88. The summed E-state index contributed by atoms with van der Waals surface area (Å²) in [4.78, 5) is 38.4. The Morgan fingerprint density at radius 1 is 1.11 bits per heavy atom. The van der Waals surface area contributed by atoms with E-state index in [-0.39, 0.29) is 23.1 Å². The number of imidazole rings is 1. The molecule has 2 fully saturated rings. The maximum absolute atomic E-state index is 13.6. The number of β-amino-alcohol motifs (C(OH)–C–C–N with tert-alkyl or cyclic N) is 1. The number of nitrogens with one attached hydrogen (secondary N) is 2. The van der Waals surface area contributed by atoms with Gasteiger partial charge in [0.1, 0.15) is 0 Å². The van der Waals surface area contributed by atoms with Crippen molar-refractivity contribution in [1.29, 1.82) is 0 Å². The van der Waals surface area contributed by atoms with Gasteiger partial charge in [0.05, 0.1) is 29.5 Å². The molecule has 15 heteroatoms. The second-order valence-corrected chi connectivity index (χ2v) is 11.1. The molecule has 2 aliphatic rings. The molecule has 6 rings (SSSR count). The number of carbonyl (C=O) groups excluding carboxylic acids is 2. The highest BCUT2D eigenvalue weighted by atomic mass is 19.4. The molecular formula is C29H32F3N9O3. The lowest BCUT2D eigenvalue weighted by Crippen LogP contribution is -2.55. The SMILES string of the molecule is Cc1cc(Nc2nccn3c(-c4cn(C)nc4C(F)(F)F)cnc23)ccc1C(=O)N1CCN(C(=O)[C@@H]2CCNC[C@@H]2O)CC1. The molecule has 0 unspecified atom stereocenters. The van der Waals surface area contributed by atoms with E-state index in [1.807, 2.05) is 6.92 Å². The van der Waals surface area contributed by atoms with Crippen LogP contribution in [0.2, 0.25) is 0 Å². The molecule has 12 nitrogen and oxygen atoms in total. The van der Waals surface area contributed by atoms with E-state index < -0.39 is 23.9 Å². The molecule has 0 bridgehead atoms. The average molecular weight is 612 g/mol. The van der Waals surface area contributed by atoms with Crippen LogP contribution in [0.1, 0.15) is 28.0 Å². The van der Waals surface area contributed by atoms with Gasteiger partial charge in [0.2, 0.25) is 5.91 Å². The molecule has 4 aromatic rings. The molecule has 1 aromatic carbocycles. The monoisotopic (exact) mass is 611 g/mol. The normalized spacial score (nSPS) is 19.4. The molecule has 2 atom stereocenters. The minimum absolute atomic E-state index is 0.0628. The Kier molecular flexibility index (Phi) is 7.75. The summed E-state index contributed by atoms with van der Waals surface area (Å²) in [5.74, 6) is -0.290. The lowest BCUT2D eigenvalue weighted by Gasteiger charge is -2.38. The van der Waals surface area contributed by atoms with Crippen molar-refractivity contribution < 1.29 is 27.9 Å². The van der Waals surface area contributed by atoms with Crippen LogP contribution in [0.25, 0.3) is 16.9 Å². The van der Waals surface area contributed by atoms with Crippen LogP contribution in [-0.2, 0) is 18.0 Å². The van der Waals surface area contributed by atoms with Crippen LogP contribution in [-0.4, -0.2) is 96.2 Å². The van der Waals surface area contributed by atoms with Gasteiger partial charge in [0, 0.05) is 69.6 Å². The van der Waals surface area contributed by atoms with Crippen LogP contribution in [0.4, 0.5) is 24.7 Å². The highest BCUT2D eigenvalue weighted by Gasteiger charge is 2.38. The van der Waals surface area contributed by atoms with E-state index in [1.54, 1.807) is 28.0 Å². The predicted molar refractivity (Wildman–Crippen MR) is 154 cm³/mol. The smallest absolute Gasteiger partial charge is 0.391 e. The first-order valence-corrected chi connectivity index (χ1v) is 14.3. The fourth-order valence-corrected chi connectivity index (χ4v) is 5.88. The Labute approximate surface area is 250 Å². The van der Waals surface area contributed by atoms with Crippen LogP contribution in [0.15, 0.2) is 43.0 Å². The van der Waals surface area contributed by atoms with E-state index in [0.29, 0.717) is 68.4 Å². The number of fused-ring (bicyclic) bond motifs is 1. The Hall–Kier alpha value is -4.50. The quantitative estimate of drug-likeness (QED) is 0.314. The highest BCUT2D eigenvalue weighted by molar-refractivity contribution is 5.96. The number of piperidine rings is 1. The summed E-state index contributed by atoms with van der Waals surface area (Å²) < 4.78 is 43.5. The van der Waals surface area contributed by atoms with Gasteiger partial charge in [-0.1, -0.05) is 0 Å². The molecule has 44 heavy (non-hydrogen) atoms. The second kappa shape index (κ2) is 11.5. The van der Waals surface area contributed by atoms with Gasteiger partial charge in [0.15, 0.2) is 17.2 Å². The zero-order valence-electron chi connectivity index (χ0n) is 24.2. The lowest BCUT2D eigenvalue weighted by molar-refractivity contribution is -0.142. The first-order valence-electron chi connectivity index (χ1n) is 14.3. The van der Waals surface area contributed by atoms with Gasteiger partial charge in [-0.15, -0.1) is 0 Å². The minimum Gasteiger partial charge on any atom is -0.391 e. The molecule has 0 aliphatic carbocycles. The van der Waals surface area contributed by atoms with Crippen molar-refractivity contribution in [3.05, 3.63) is 59.8 Å². The van der Waals surface area contributed by atoms with E-state index in [2.05, 4.69) is 25.7 Å². The lowest BCUT2D eigenvalue weighted by atomic mass is 9.93. The van der Waals surface area contributed by atoms with Crippen molar-refractivity contribution in [2.75, 3.05) is 44.6 Å². The number of carbonyl (C=O) groups is 2. The zero-order chi connectivity index (χ0) is 31.2. The van der Waals surface area contributed by atoms with Crippen molar-refractivity contribution in [3.8, 4) is 11.3 Å². The third kappa shape index (κ3) is 5.59. The highest BCUT2D eigenvalue weighted by Crippen LogP contribution is 2.36. The van der Waals surface area contributed by atoms with E-state index in [1.165, 1.54) is 36.2 Å². The number of aryl methyl sites for hydroxylation is 2. The first-order chi connectivity index (χ1) is 21.0. The van der Waals surface area contributed by atoms with Crippen molar-refractivity contribution >= 4 is 29.0 Å². The Morgan fingerprint density at radius 2 is 1.86 bits per heavy atom. The molecule has 2 amide bonds.